The highest BCUT2D eigenvalue weighted by Crippen LogP contribution is 2.24. The van der Waals surface area contributed by atoms with E-state index in [0.29, 0.717) is 14.5 Å². The Balaban J connectivity index is 2.23. The third kappa shape index (κ3) is 5.06. The molecule has 0 aliphatic rings. The van der Waals surface area contributed by atoms with E-state index >= 15 is 0 Å². The predicted octanol–water partition coefficient (Wildman–Crippen LogP) is 2.60. The first kappa shape index (κ1) is 19.5. The Hall–Kier alpha value is -1.85. The van der Waals surface area contributed by atoms with Gasteiger partial charge in [0.15, 0.2) is 0 Å². The first-order chi connectivity index (χ1) is 11.7. The highest BCUT2D eigenvalue weighted by molar-refractivity contribution is 7.89. The van der Waals surface area contributed by atoms with E-state index in [-0.39, 0.29) is 17.9 Å². The van der Waals surface area contributed by atoms with Crippen LogP contribution in [0, 0.1) is 0 Å². The van der Waals surface area contributed by atoms with Crippen molar-refractivity contribution in [2.45, 2.75) is 30.7 Å². The molecule has 1 atom stereocenters. The zero-order chi connectivity index (χ0) is 18.6. The molecule has 7 nitrogen and oxygen atoms in total. The van der Waals surface area contributed by atoms with E-state index in [0.717, 1.165) is 0 Å². The molecule has 1 aromatic heterocycles. The average Bonchev–Trinajstić information content (AvgIpc) is 2.97. The number of rotatable bonds is 8. The van der Waals surface area contributed by atoms with Crippen LogP contribution >= 0.6 is 11.3 Å². The summed E-state index contributed by atoms with van der Waals surface area (Å²) in [7, 11) is -4.13. The standard InChI is InChI=1S/C14H17F2N3O4S2/c1-9(18-14(20)21)4-5-19(7-13(15)16)25(22,23)10-2-3-11-12(6-10)24-8-17-11/h2-3,6,8-9,13,18H,4-5,7H2,1H3,(H,20,21)/t9-/m0/s1. The van der Waals surface area contributed by atoms with Crippen LogP contribution in [0.25, 0.3) is 10.2 Å². The number of hydrogen-bond donors (Lipinski definition) is 2. The number of aromatic nitrogens is 1. The van der Waals surface area contributed by atoms with Crippen molar-refractivity contribution in [3.05, 3.63) is 23.7 Å². The summed E-state index contributed by atoms with van der Waals surface area (Å²) in [5, 5.41) is 10.8. The number of halogens is 2. The predicted molar refractivity (Wildman–Crippen MR) is 89.6 cm³/mol. The van der Waals surface area contributed by atoms with Crippen molar-refractivity contribution in [2.24, 2.45) is 0 Å². The Morgan fingerprint density at radius 1 is 1.44 bits per heavy atom. The van der Waals surface area contributed by atoms with Crippen molar-refractivity contribution in [1.82, 2.24) is 14.6 Å². The number of thiazole rings is 1. The molecular weight excluding hydrogens is 376 g/mol. The largest absolute Gasteiger partial charge is 0.465 e. The fourth-order valence-corrected chi connectivity index (χ4v) is 4.48. The highest BCUT2D eigenvalue weighted by Gasteiger charge is 2.28. The zero-order valence-corrected chi connectivity index (χ0v) is 14.9. The second-order valence-corrected chi connectivity index (χ2v) is 8.20. The van der Waals surface area contributed by atoms with Gasteiger partial charge >= 0.3 is 6.09 Å². The molecule has 0 fully saturated rings. The van der Waals surface area contributed by atoms with Crippen molar-refractivity contribution in [2.75, 3.05) is 13.1 Å². The Kier molecular flexibility index (Phi) is 6.25. The lowest BCUT2D eigenvalue weighted by Crippen LogP contribution is -2.39. The second-order valence-electron chi connectivity index (χ2n) is 5.38. The molecule has 1 aromatic carbocycles. The van der Waals surface area contributed by atoms with Crippen molar-refractivity contribution >= 4 is 37.7 Å². The molecule has 2 aromatic rings. The normalized spacial score (nSPS) is 13.5. The van der Waals surface area contributed by atoms with E-state index in [4.69, 9.17) is 5.11 Å². The molecule has 0 unspecified atom stereocenters. The van der Waals surface area contributed by atoms with Crippen LogP contribution in [-0.2, 0) is 10.0 Å². The molecule has 0 bridgehead atoms. The summed E-state index contributed by atoms with van der Waals surface area (Å²) in [4.78, 5) is 14.5. The summed E-state index contributed by atoms with van der Waals surface area (Å²) in [6.45, 7) is 0.350. The number of nitrogens with one attached hydrogen (secondary N) is 1. The SMILES string of the molecule is C[C@@H](CCN(CC(F)F)S(=O)(=O)c1ccc2ncsc2c1)NC(=O)O. The van der Waals surface area contributed by atoms with E-state index < -0.39 is 35.1 Å². The van der Waals surface area contributed by atoms with Crippen molar-refractivity contribution < 1.29 is 27.1 Å². The summed E-state index contributed by atoms with van der Waals surface area (Å²) in [5.74, 6) is 0. The zero-order valence-electron chi connectivity index (χ0n) is 13.2. The molecule has 1 amide bonds. The fraction of sp³-hybridized carbons (Fsp3) is 0.429. The summed E-state index contributed by atoms with van der Waals surface area (Å²) in [6, 6.07) is 3.68. The number of hydrogen-bond acceptors (Lipinski definition) is 5. The average molecular weight is 393 g/mol. The van der Waals surface area contributed by atoms with Gasteiger partial charge in [0.05, 0.1) is 27.2 Å². The summed E-state index contributed by atoms with van der Waals surface area (Å²) >= 11 is 1.25. The molecule has 11 heteroatoms. The first-order valence-corrected chi connectivity index (χ1v) is 9.63. The summed E-state index contributed by atoms with van der Waals surface area (Å²) in [5.41, 5.74) is 2.20. The van der Waals surface area contributed by atoms with Crippen LogP contribution in [0.4, 0.5) is 13.6 Å². The maximum absolute atomic E-state index is 12.8. The van der Waals surface area contributed by atoms with Crippen LogP contribution in [0.15, 0.2) is 28.6 Å². The number of nitrogens with zero attached hydrogens (tertiary/aromatic N) is 2. The molecule has 0 saturated heterocycles. The molecule has 1 heterocycles. The van der Waals surface area contributed by atoms with Gasteiger partial charge in [-0.2, -0.15) is 4.31 Å². The van der Waals surface area contributed by atoms with Crippen LogP contribution in [0.5, 0.6) is 0 Å². The molecule has 0 spiro atoms. The van der Waals surface area contributed by atoms with E-state index in [1.165, 1.54) is 36.5 Å². The van der Waals surface area contributed by atoms with Crippen LogP contribution in [0.2, 0.25) is 0 Å². The maximum atomic E-state index is 12.8. The molecule has 0 saturated carbocycles. The van der Waals surface area contributed by atoms with Gasteiger partial charge in [0.1, 0.15) is 0 Å². The van der Waals surface area contributed by atoms with Crippen molar-refractivity contribution in [1.29, 1.82) is 0 Å². The number of benzene rings is 1. The van der Waals surface area contributed by atoms with Crippen LogP contribution in [0.3, 0.4) is 0 Å². The molecule has 25 heavy (non-hydrogen) atoms. The monoisotopic (exact) mass is 393 g/mol. The Morgan fingerprint density at radius 3 is 2.80 bits per heavy atom. The van der Waals surface area contributed by atoms with Gasteiger partial charge in [0.25, 0.3) is 6.43 Å². The Morgan fingerprint density at radius 2 is 2.16 bits per heavy atom. The Bertz CT molecular complexity index is 841. The number of alkyl halides is 2. The number of fused-ring (bicyclic) bond motifs is 1. The van der Waals surface area contributed by atoms with Gasteiger partial charge in [-0.25, -0.2) is 27.0 Å². The molecule has 0 aliphatic heterocycles. The van der Waals surface area contributed by atoms with Gasteiger partial charge < -0.3 is 10.4 Å². The summed E-state index contributed by atoms with van der Waals surface area (Å²) < 4.78 is 52.4. The smallest absolute Gasteiger partial charge is 0.404 e. The van der Waals surface area contributed by atoms with Gasteiger partial charge in [-0.1, -0.05) is 0 Å². The highest BCUT2D eigenvalue weighted by atomic mass is 32.2. The molecule has 138 valence electrons. The second kappa shape index (κ2) is 8.02. The van der Waals surface area contributed by atoms with Gasteiger partial charge in [-0.3, -0.25) is 0 Å². The molecule has 0 aliphatic carbocycles. The van der Waals surface area contributed by atoms with E-state index in [1.807, 2.05) is 0 Å². The number of amides is 1. The molecule has 2 N–H and O–H groups in total. The van der Waals surface area contributed by atoms with Crippen LogP contribution in [0.1, 0.15) is 13.3 Å². The van der Waals surface area contributed by atoms with Gasteiger partial charge in [-0.15, -0.1) is 11.3 Å². The summed E-state index contributed by atoms with van der Waals surface area (Å²) in [6.07, 6.45) is -4.03. The van der Waals surface area contributed by atoms with Gasteiger partial charge in [0, 0.05) is 12.6 Å². The minimum Gasteiger partial charge on any atom is -0.465 e. The van der Waals surface area contributed by atoms with Crippen LogP contribution < -0.4 is 5.32 Å². The number of sulfonamides is 1. The third-order valence-electron chi connectivity index (χ3n) is 3.46. The third-order valence-corrected chi connectivity index (χ3v) is 6.12. The quantitative estimate of drug-likeness (QED) is 0.718. The number of carboxylic acid groups (broad SMARTS) is 1. The molecule has 0 radical (unpaired) electrons. The minimum atomic E-state index is -4.13. The lowest BCUT2D eigenvalue weighted by atomic mass is 10.2. The number of carbonyl (C=O) groups is 1. The van der Waals surface area contributed by atoms with Gasteiger partial charge in [0.2, 0.25) is 10.0 Å². The topological polar surface area (TPSA) is 99.6 Å². The molecule has 2 rings (SSSR count). The van der Waals surface area contributed by atoms with E-state index in [9.17, 15) is 22.0 Å². The van der Waals surface area contributed by atoms with Crippen molar-refractivity contribution in [3.8, 4) is 0 Å². The first-order valence-electron chi connectivity index (χ1n) is 7.31. The Labute approximate surface area is 147 Å². The van der Waals surface area contributed by atoms with Gasteiger partial charge in [-0.05, 0) is 31.5 Å². The minimum absolute atomic E-state index is 0.0705. The van der Waals surface area contributed by atoms with E-state index in [1.54, 1.807) is 5.51 Å². The maximum Gasteiger partial charge on any atom is 0.404 e. The van der Waals surface area contributed by atoms with Crippen LogP contribution in [-0.4, -0.2) is 54.5 Å². The fourth-order valence-electron chi connectivity index (χ4n) is 2.23. The lowest BCUT2D eigenvalue weighted by Gasteiger charge is -2.23. The van der Waals surface area contributed by atoms with Crippen molar-refractivity contribution in [3.63, 3.8) is 0 Å². The lowest BCUT2D eigenvalue weighted by molar-refractivity contribution is 0.118. The van der Waals surface area contributed by atoms with E-state index in [2.05, 4.69) is 10.3 Å². The molecular formula is C14H17F2N3O4S2.